The van der Waals surface area contributed by atoms with Crippen molar-refractivity contribution < 1.29 is 4.79 Å². The van der Waals surface area contributed by atoms with Crippen molar-refractivity contribution >= 4 is 23.4 Å². The summed E-state index contributed by atoms with van der Waals surface area (Å²) in [5.41, 5.74) is 4.40. The maximum absolute atomic E-state index is 12.5. The van der Waals surface area contributed by atoms with Crippen LogP contribution in [0.5, 0.6) is 0 Å². The summed E-state index contributed by atoms with van der Waals surface area (Å²) in [4.78, 5) is 29.4. The van der Waals surface area contributed by atoms with E-state index in [9.17, 15) is 9.59 Å². The van der Waals surface area contributed by atoms with Gasteiger partial charge in [0.1, 0.15) is 0 Å². The molecular formula is C18H21N3O2S. The lowest BCUT2D eigenvalue weighted by molar-refractivity contribution is -0.116. The van der Waals surface area contributed by atoms with Gasteiger partial charge >= 0.3 is 0 Å². The highest BCUT2D eigenvalue weighted by molar-refractivity contribution is 7.99. The van der Waals surface area contributed by atoms with Crippen molar-refractivity contribution in [2.24, 2.45) is 0 Å². The number of hydrogen-bond donors (Lipinski definition) is 1. The summed E-state index contributed by atoms with van der Waals surface area (Å²) in [7, 11) is 0. The molecule has 24 heavy (non-hydrogen) atoms. The number of benzene rings is 1. The molecule has 126 valence electrons. The quantitative estimate of drug-likeness (QED) is 0.870. The van der Waals surface area contributed by atoms with Gasteiger partial charge in [0.25, 0.3) is 5.56 Å². The molecule has 2 aromatic rings. The number of carbonyl (C=O) groups excluding carboxylic acids is 1. The van der Waals surface area contributed by atoms with Crippen molar-refractivity contribution in [1.29, 1.82) is 0 Å². The summed E-state index contributed by atoms with van der Waals surface area (Å²) < 4.78 is 1.67. The first kappa shape index (κ1) is 16.8. The molecule has 5 nitrogen and oxygen atoms in total. The number of amides is 1. The highest BCUT2D eigenvalue weighted by Crippen LogP contribution is 2.32. The molecule has 1 N–H and O–H groups in total. The Morgan fingerprint density at radius 2 is 1.92 bits per heavy atom. The summed E-state index contributed by atoms with van der Waals surface area (Å²) >= 11 is 1.54. The molecule has 0 aliphatic carbocycles. The van der Waals surface area contributed by atoms with Crippen LogP contribution in [0.4, 0.5) is 5.69 Å². The smallest absolute Gasteiger partial charge is 0.257 e. The van der Waals surface area contributed by atoms with Crippen LogP contribution >= 0.6 is 11.8 Å². The molecule has 1 aromatic carbocycles. The van der Waals surface area contributed by atoms with Crippen LogP contribution in [0.1, 0.15) is 34.8 Å². The molecule has 1 unspecified atom stereocenters. The van der Waals surface area contributed by atoms with Gasteiger partial charge in [-0.15, -0.1) is 0 Å². The molecule has 0 saturated heterocycles. The molecule has 6 heteroatoms. The second-order valence-electron chi connectivity index (χ2n) is 6.37. The van der Waals surface area contributed by atoms with Gasteiger partial charge < -0.3 is 5.32 Å². The Morgan fingerprint density at radius 1 is 1.25 bits per heavy atom. The van der Waals surface area contributed by atoms with E-state index in [-0.39, 0.29) is 23.9 Å². The molecule has 0 spiro atoms. The van der Waals surface area contributed by atoms with E-state index in [0.717, 1.165) is 22.5 Å². The minimum absolute atomic E-state index is 0.0355. The maximum Gasteiger partial charge on any atom is 0.257 e. The van der Waals surface area contributed by atoms with E-state index in [4.69, 9.17) is 0 Å². The van der Waals surface area contributed by atoms with Gasteiger partial charge in [0, 0.05) is 29.1 Å². The lowest BCUT2D eigenvalue weighted by Crippen LogP contribution is -2.29. The number of rotatable bonds is 3. The molecule has 0 radical (unpaired) electrons. The number of thioether (sulfide) groups is 1. The van der Waals surface area contributed by atoms with Crippen LogP contribution in [0.3, 0.4) is 0 Å². The fourth-order valence-electron chi connectivity index (χ4n) is 3.00. The van der Waals surface area contributed by atoms with Crippen molar-refractivity contribution in [3.8, 4) is 0 Å². The lowest BCUT2D eigenvalue weighted by Gasteiger charge is -2.15. The van der Waals surface area contributed by atoms with E-state index in [1.165, 1.54) is 11.8 Å². The number of aryl methyl sites for hydroxylation is 3. The van der Waals surface area contributed by atoms with Crippen LogP contribution in [-0.2, 0) is 4.79 Å². The summed E-state index contributed by atoms with van der Waals surface area (Å²) in [5.74, 6) is 0.620. The zero-order valence-corrected chi connectivity index (χ0v) is 15.2. The Kier molecular flexibility index (Phi) is 4.49. The van der Waals surface area contributed by atoms with Crippen molar-refractivity contribution in [3.05, 3.63) is 50.9 Å². The maximum atomic E-state index is 12.5. The van der Waals surface area contributed by atoms with Crippen LogP contribution in [0.25, 0.3) is 0 Å². The minimum atomic E-state index is -0.143. The normalized spacial score (nSPS) is 16.1. The van der Waals surface area contributed by atoms with Gasteiger partial charge in [-0.2, -0.15) is 0 Å². The fraction of sp³-hybridized carbons (Fsp3) is 0.389. The van der Waals surface area contributed by atoms with E-state index in [2.05, 4.69) is 16.4 Å². The molecule has 1 atom stereocenters. The Labute approximate surface area is 145 Å². The van der Waals surface area contributed by atoms with Crippen molar-refractivity contribution in [1.82, 2.24) is 9.55 Å². The van der Waals surface area contributed by atoms with Gasteiger partial charge in [-0.05, 0) is 51.0 Å². The lowest BCUT2D eigenvalue weighted by atomic mass is 10.1. The summed E-state index contributed by atoms with van der Waals surface area (Å²) in [5, 5.41) is 3.66. The van der Waals surface area contributed by atoms with E-state index < -0.39 is 0 Å². The van der Waals surface area contributed by atoms with Crippen molar-refractivity contribution in [2.45, 2.75) is 45.3 Å². The number of carbonyl (C=O) groups is 1. The van der Waals surface area contributed by atoms with Crippen LogP contribution in [0.15, 0.2) is 28.2 Å². The van der Waals surface area contributed by atoms with E-state index in [0.29, 0.717) is 16.5 Å². The Hall–Kier alpha value is -2.08. The van der Waals surface area contributed by atoms with Crippen molar-refractivity contribution in [3.63, 3.8) is 0 Å². The molecule has 1 amide bonds. The molecule has 0 fully saturated rings. The molecule has 1 aromatic heterocycles. The summed E-state index contributed by atoms with van der Waals surface area (Å²) in [6, 6.07) is 5.82. The van der Waals surface area contributed by atoms with E-state index in [1.807, 2.05) is 32.9 Å². The Bertz CT molecular complexity index is 853. The van der Waals surface area contributed by atoms with Crippen LogP contribution < -0.4 is 10.9 Å². The zero-order chi connectivity index (χ0) is 17.4. The Balaban J connectivity index is 1.78. The number of anilines is 1. The largest absolute Gasteiger partial charge is 0.326 e. The zero-order valence-electron chi connectivity index (χ0n) is 14.3. The number of fused-ring (bicyclic) bond motifs is 1. The summed E-state index contributed by atoms with van der Waals surface area (Å²) in [6.07, 6.45) is 0.275. The highest BCUT2D eigenvalue weighted by Gasteiger charge is 2.28. The molecule has 1 aliphatic heterocycles. The predicted molar refractivity (Wildman–Crippen MR) is 96.9 cm³/mol. The standard InChI is InChI=1S/C18H21N3O2S/c1-10-5-11(2)7-14(6-10)20-16(22)8-15-9-24-18-19-13(4)12(3)17(23)21(15)18/h5-7,15H,8-9H2,1-4H3,(H,20,22). The minimum Gasteiger partial charge on any atom is -0.326 e. The first-order valence-electron chi connectivity index (χ1n) is 7.96. The first-order valence-corrected chi connectivity index (χ1v) is 8.94. The third-order valence-corrected chi connectivity index (χ3v) is 5.35. The predicted octanol–water partition coefficient (Wildman–Crippen LogP) is 3.15. The molecular weight excluding hydrogens is 322 g/mol. The summed E-state index contributed by atoms with van der Waals surface area (Å²) in [6.45, 7) is 7.64. The molecule has 0 bridgehead atoms. The fourth-order valence-corrected chi connectivity index (χ4v) is 4.18. The average molecular weight is 343 g/mol. The van der Waals surface area contributed by atoms with Crippen LogP contribution in [0.2, 0.25) is 0 Å². The van der Waals surface area contributed by atoms with Crippen LogP contribution in [0, 0.1) is 27.7 Å². The topological polar surface area (TPSA) is 64.0 Å². The number of nitrogens with one attached hydrogen (secondary N) is 1. The number of aromatic nitrogens is 2. The van der Waals surface area contributed by atoms with Gasteiger partial charge in [0.2, 0.25) is 5.91 Å². The monoisotopic (exact) mass is 343 g/mol. The van der Waals surface area contributed by atoms with Crippen LogP contribution in [-0.4, -0.2) is 21.2 Å². The molecule has 2 heterocycles. The third kappa shape index (κ3) is 3.24. The molecule has 0 saturated carbocycles. The highest BCUT2D eigenvalue weighted by atomic mass is 32.2. The van der Waals surface area contributed by atoms with E-state index >= 15 is 0 Å². The molecule has 3 rings (SSSR count). The third-order valence-electron chi connectivity index (χ3n) is 4.25. The number of nitrogens with zero attached hydrogens (tertiary/aromatic N) is 2. The SMILES string of the molecule is Cc1cc(C)cc(NC(=O)CC2CSc3nc(C)c(C)c(=O)n32)c1. The van der Waals surface area contributed by atoms with Gasteiger partial charge in [0.05, 0.1) is 6.04 Å². The van der Waals surface area contributed by atoms with E-state index in [1.54, 1.807) is 11.5 Å². The second kappa shape index (κ2) is 6.43. The average Bonchev–Trinajstić information content (AvgIpc) is 2.86. The Morgan fingerprint density at radius 3 is 2.58 bits per heavy atom. The van der Waals surface area contributed by atoms with Gasteiger partial charge in [-0.25, -0.2) is 4.98 Å². The van der Waals surface area contributed by atoms with Crippen molar-refractivity contribution in [2.75, 3.05) is 11.1 Å². The molecule has 1 aliphatic rings. The second-order valence-corrected chi connectivity index (χ2v) is 7.36. The first-order chi connectivity index (χ1) is 11.3. The van der Waals surface area contributed by atoms with Gasteiger partial charge in [-0.3, -0.25) is 14.2 Å². The van der Waals surface area contributed by atoms with Gasteiger partial charge in [0.15, 0.2) is 5.16 Å². The number of hydrogen-bond acceptors (Lipinski definition) is 4. The van der Waals surface area contributed by atoms with Gasteiger partial charge in [-0.1, -0.05) is 17.8 Å².